The fourth-order valence-corrected chi connectivity index (χ4v) is 2.58. The third-order valence-corrected chi connectivity index (χ3v) is 4.49. The largest absolute Gasteiger partial charge is 4.00 e. The van der Waals surface area contributed by atoms with Gasteiger partial charge in [-0.05, 0) is 56.9 Å². The Morgan fingerprint density at radius 1 is 0.800 bits per heavy atom. The van der Waals surface area contributed by atoms with Crippen LogP contribution in [0.1, 0.15) is 34.6 Å². The van der Waals surface area contributed by atoms with Crippen molar-refractivity contribution in [3.05, 3.63) is 22.3 Å². The Morgan fingerprint density at radius 3 is 1.20 bits per heavy atom. The average Bonchev–Trinajstić information content (AvgIpc) is 2.21. The van der Waals surface area contributed by atoms with E-state index >= 15 is 0 Å². The minimum absolute atomic E-state index is 0. The van der Waals surface area contributed by atoms with E-state index in [4.69, 9.17) is 0 Å². The molecular formula is C13H24NTi+5. The molecule has 15 heavy (non-hydrogen) atoms. The molecular weight excluding hydrogens is 218 g/mol. The second-order valence-electron chi connectivity index (χ2n) is 5.58. The van der Waals surface area contributed by atoms with Gasteiger partial charge >= 0.3 is 21.7 Å². The predicted octanol–water partition coefficient (Wildman–Crippen LogP) is 3.14. The quantitative estimate of drug-likeness (QED) is 0.489. The van der Waals surface area contributed by atoms with Crippen molar-refractivity contribution < 1.29 is 26.2 Å². The van der Waals surface area contributed by atoms with Crippen LogP contribution in [0.15, 0.2) is 22.3 Å². The molecule has 0 N–H and O–H groups in total. The van der Waals surface area contributed by atoms with E-state index in [2.05, 4.69) is 55.8 Å². The van der Waals surface area contributed by atoms with Crippen molar-refractivity contribution in [2.45, 2.75) is 40.2 Å². The third-order valence-electron chi connectivity index (χ3n) is 4.49. The molecule has 0 aromatic rings. The molecule has 0 fully saturated rings. The Hall–Kier alpha value is 0.154. The second-order valence-corrected chi connectivity index (χ2v) is 5.58. The Balaban J connectivity index is 0.00000196. The van der Waals surface area contributed by atoms with E-state index in [1.165, 1.54) is 22.3 Å². The maximum Gasteiger partial charge on any atom is 4.00 e. The topological polar surface area (TPSA) is 0 Å². The van der Waals surface area contributed by atoms with Gasteiger partial charge in [-0.3, -0.25) is 0 Å². The van der Waals surface area contributed by atoms with Crippen molar-refractivity contribution in [2.24, 2.45) is 0 Å². The van der Waals surface area contributed by atoms with Crippen LogP contribution in [-0.4, -0.2) is 31.2 Å². The monoisotopic (exact) mass is 242 g/mol. The first kappa shape index (κ1) is 15.2. The first-order valence-electron chi connectivity index (χ1n) is 5.32. The average molecular weight is 242 g/mol. The number of hydrogen-bond donors (Lipinski definition) is 0. The number of quaternary nitrogens is 1. The Kier molecular flexibility index (Phi) is 4.24. The van der Waals surface area contributed by atoms with Crippen molar-refractivity contribution in [1.29, 1.82) is 0 Å². The molecule has 0 bridgehead atoms. The van der Waals surface area contributed by atoms with Gasteiger partial charge in [0.15, 0.2) is 0 Å². The molecule has 0 amide bonds. The molecule has 0 aromatic carbocycles. The Labute approximate surface area is 110 Å². The Bertz CT molecular complexity index is 305. The molecule has 0 saturated carbocycles. The molecule has 0 heterocycles. The van der Waals surface area contributed by atoms with Gasteiger partial charge in [-0.15, -0.1) is 0 Å². The standard InChI is InChI=1S/C13H24N.Ti/c1-9-10(2)12(4)13(5,11(9)3)14(6,7)8;/h1-8H3;/q+1;+4. The molecule has 1 rings (SSSR count). The summed E-state index contributed by atoms with van der Waals surface area (Å²) in [7, 11) is 6.83. The van der Waals surface area contributed by atoms with E-state index < -0.39 is 0 Å². The summed E-state index contributed by atoms with van der Waals surface area (Å²) < 4.78 is 0.972. The van der Waals surface area contributed by atoms with E-state index in [0.29, 0.717) is 0 Å². The van der Waals surface area contributed by atoms with Gasteiger partial charge in [0.05, 0.1) is 21.1 Å². The molecule has 0 saturated heterocycles. The van der Waals surface area contributed by atoms with Crippen molar-refractivity contribution >= 4 is 0 Å². The van der Waals surface area contributed by atoms with E-state index in [9.17, 15) is 0 Å². The molecule has 2 heteroatoms. The third kappa shape index (κ3) is 1.90. The van der Waals surface area contributed by atoms with Crippen LogP contribution in [0.2, 0.25) is 0 Å². The van der Waals surface area contributed by atoms with E-state index in [-0.39, 0.29) is 27.3 Å². The maximum absolute atomic E-state index is 2.36. The van der Waals surface area contributed by atoms with Crippen LogP contribution in [0.3, 0.4) is 0 Å². The molecule has 0 radical (unpaired) electrons. The van der Waals surface area contributed by atoms with Crippen molar-refractivity contribution in [3.63, 3.8) is 0 Å². The van der Waals surface area contributed by atoms with Gasteiger partial charge in [-0.2, -0.15) is 0 Å². The molecule has 1 nitrogen and oxygen atoms in total. The van der Waals surface area contributed by atoms with Crippen LogP contribution in [0.25, 0.3) is 0 Å². The number of nitrogens with zero attached hydrogens (tertiary/aromatic N) is 1. The van der Waals surface area contributed by atoms with Crippen LogP contribution in [0.4, 0.5) is 0 Å². The number of likely N-dealkylation sites (N-methyl/N-ethyl adjacent to an activating group) is 1. The van der Waals surface area contributed by atoms with Crippen molar-refractivity contribution in [3.8, 4) is 0 Å². The molecule has 80 valence electrons. The fraction of sp³-hybridized carbons (Fsp3) is 0.692. The minimum Gasteiger partial charge on any atom is -0.319 e. The summed E-state index contributed by atoms with van der Waals surface area (Å²) in [6, 6.07) is 0. The zero-order valence-electron chi connectivity index (χ0n) is 11.4. The second kappa shape index (κ2) is 4.20. The predicted molar refractivity (Wildman–Crippen MR) is 63.2 cm³/mol. The van der Waals surface area contributed by atoms with Crippen LogP contribution in [-0.2, 0) is 21.7 Å². The summed E-state index contributed by atoms with van der Waals surface area (Å²) in [6.45, 7) is 11.4. The molecule has 0 spiro atoms. The van der Waals surface area contributed by atoms with Gasteiger partial charge in [0, 0.05) is 0 Å². The van der Waals surface area contributed by atoms with E-state index in [1.807, 2.05) is 0 Å². The zero-order chi connectivity index (χ0) is 11.3. The molecule has 0 atom stereocenters. The number of allylic oxidation sites excluding steroid dienone is 2. The number of rotatable bonds is 1. The van der Waals surface area contributed by atoms with Gasteiger partial charge in [0.25, 0.3) is 0 Å². The first-order valence-corrected chi connectivity index (χ1v) is 5.32. The minimum atomic E-state index is 0. The summed E-state index contributed by atoms with van der Waals surface area (Å²) in [6.07, 6.45) is 0. The molecule has 1 aliphatic rings. The molecule has 0 aliphatic heterocycles. The van der Waals surface area contributed by atoms with E-state index in [0.717, 1.165) is 4.48 Å². The SMILES string of the molecule is CC1=C(C)C(C)([N+](C)(C)C)C(C)=C1C.[Ti+4]. The van der Waals surface area contributed by atoms with Crippen LogP contribution in [0.5, 0.6) is 0 Å². The summed E-state index contributed by atoms with van der Waals surface area (Å²) in [5, 5.41) is 0. The first-order chi connectivity index (χ1) is 6.14. The molecule has 1 aliphatic carbocycles. The molecule has 0 aromatic heterocycles. The van der Waals surface area contributed by atoms with Crippen LogP contribution >= 0.6 is 0 Å². The van der Waals surface area contributed by atoms with Crippen molar-refractivity contribution in [2.75, 3.05) is 21.1 Å². The fourth-order valence-electron chi connectivity index (χ4n) is 2.58. The van der Waals surface area contributed by atoms with Gasteiger partial charge in [-0.25, -0.2) is 0 Å². The van der Waals surface area contributed by atoms with Gasteiger partial charge in [0.2, 0.25) is 0 Å². The zero-order valence-corrected chi connectivity index (χ0v) is 13.0. The van der Waals surface area contributed by atoms with E-state index in [1.54, 1.807) is 0 Å². The maximum atomic E-state index is 2.36. The smallest absolute Gasteiger partial charge is 0.319 e. The summed E-state index contributed by atoms with van der Waals surface area (Å²) in [5.74, 6) is 0. The van der Waals surface area contributed by atoms with Gasteiger partial charge < -0.3 is 4.48 Å². The Morgan fingerprint density at radius 2 is 1.07 bits per heavy atom. The summed E-state index contributed by atoms with van der Waals surface area (Å²) in [4.78, 5) is 0. The summed E-state index contributed by atoms with van der Waals surface area (Å²) in [5.41, 5.74) is 6.21. The normalized spacial score (nSPS) is 20.8. The van der Waals surface area contributed by atoms with Crippen LogP contribution < -0.4 is 0 Å². The van der Waals surface area contributed by atoms with Gasteiger partial charge in [0.1, 0.15) is 5.54 Å². The van der Waals surface area contributed by atoms with Crippen molar-refractivity contribution in [1.82, 2.24) is 0 Å². The molecule has 0 unspecified atom stereocenters. The van der Waals surface area contributed by atoms with Gasteiger partial charge in [-0.1, -0.05) is 0 Å². The number of hydrogen-bond acceptors (Lipinski definition) is 0. The van der Waals surface area contributed by atoms with Crippen LogP contribution in [0, 0.1) is 0 Å². The summed E-state index contributed by atoms with van der Waals surface area (Å²) >= 11 is 0.